The summed E-state index contributed by atoms with van der Waals surface area (Å²) in [7, 11) is 0. The number of aryl methyl sites for hydroxylation is 1. The van der Waals surface area contributed by atoms with Crippen molar-refractivity contribution in [1.29, 1.82) is 0 Å². The molecule has 0 bridgehead atoms. The van der Waals surface area contributed by atoms with Gasteiger partial charge in [0.25, 0.3) is 0 Å². The molecule has 1 aromatic rings. The van der Waals surface area contributed by atoms with E-state index < -0.39 is 0 Å². The third kappa shape index (κ3) is 4.18. The zero-order chi connectivity index (χ0) is 11.3. The lowest BCUT2D eigenvalue weighted by atomic mass is 10.2. The molecular weight excluding hydrogens is 254 g/mol. The predicted octanol–water partition coefficient (Wildman–Crippen LogP) is 2.69. The van der Waals surface area contributed by atoms with Gasteiger partial charge in [0.1, 0.15) is 5.82 Å². The molecule has 1 heterocycles. The van der Waals surface area contributed by atoms with E-state index in [-0.39, 0.29) is 0 Å². The van der Waals surface area contributed by atoms with E-state index in [9.17, 15) is 0 Å². The molecule has 4 heteroatoms. The minimum Gasteiger partial charge on any atom is -0.367 e. The van der Waals surface area contributed by atoms with Crippen LogP contribution >= 0.6 is 15.9 Å². The first-order valence-corrected chi connectivity index (χ1v) is 6.01. The molecule has 0 aliphatic heterocycles. The van der Waals surface area contributed by atoms with Gasteiger partial charge in [0.15, 0.2) is 0 Å². The maximum absolute atomic E-state index is 5.47. The highest BCUT2D eigenvalue weighted by Gasteiger charge is 2.05. The van der Waals surface area contributed by atoms with Crippen LogP contribution in [0.1, 0.15) is 25.3 Å². The second-order valence-electron chi connectivity index (χ2n) is 3.82. The van der Waals surface area contributed by atoms with Crippen molar-refractivity contribution in [3.05, 3.63) is 22.3 Å². The van der Waals surface area contributed by atoms with Crippen LogP contribution in [0.4, 0.5) is 5.82 Å². The number of hydrogen-bond acceptors (Lipinski definition) is 3. The molecule has 1 atom stereocenters. The highest BCUT2D eigenvalue weighted by Crippen LogP contribution is 2.21. The van der Waals surface area contributed by atoms with Gasteiger partial charge in [-0.25, -0.2) is 4.98 Å². The quantitative estimate of drug-likeness (QED) is 0.866. The molecule has 1 unspecified atom stereocenters. The summed E-state index contributed by atoms with van der Waals surface area (Å²) in [5, 5.41) is 3.36. The van der Waals surface area contributed by atoms with E-state index >= 15 is 0 Å². The molecule has 3 N–H and O–H groups in total. The normalized spacial score (nSPS) is 12.5. The van der Waals surface area contributed by atoms with Crippen molar-refractivity contribution in [2.75, 3.05) is 11.9 Å². The Hall–Kier alpha value is -0.610. The minimum atomic E-state index is 0.403. The highest BCUT2D eigenvalue weighted by molar-refractivity contribution is 9.10. The third-order valence-electron chi connectivity index (χ3n) is 2.20. The molecule has 0 saturated heterocycles. The largest absolute Gasteiger partial charge is 0.367 e. The Morgan fingerprint density at radius 1 is 1.60 bits per heavy atom. The lowest BCUT2D eigenvalue weighted by molar-refractivity contribution is 0.660. The van der Waals surface area contributed by atoms with Gasteiger partial charge in [-0.1, -0.05) is 0 Å². The smallest absolute Gasteiger partial charge is 0.140 e. The number of nitrogens with one attached hydrogen (secondary N) is 1. The molecule has 0 aliphatic carbocycles. The molecule has 0 amide bonds. The average molecular weight is 272 g/mol. The molecule has 3 nitrogen and oxygen atoms in total. The molecule has 84 valence electrons. The number of rotatable bonds is 5. The SMILES string of the molecule is Cc1cnc(NC(C)CCCN)c(Br)c1. The molecule has 0 fully saturated rings. The Bertz CT molecular complexity index is 315. The topological polar surface area (TPSA) is 50.9 Å². The first kappa shape index (κ1) is 12.5. The number of aromatic nitrogens is 1. The molecule has 0 spiro atoms. The lowest BCUT2D eigenvalue weighted by Gasteiger charge is -2.15. The van der Waals surface area contributed by atoms with Gasteiger partial charge < -0.3 is 11.1 Å². The van der Waals surface area contributed by atoms with Crippen molar-refractivity contribution in [3.8, 4) is 0 Å². The van der Waals surface area contributed by atoms with E-state index in [0.29, 0.717) is 6.04 Å². The van der Waals surface area contributed by atoms with Crippen molar-refractivity contribution >= 4 is 21.7 Å². The minimum absolute atomic E-state index is 0.403. The molecule has 0 aromatic carbocycles. The number of halogens is 1. The van der Waals surface area contributed by atoms with Crippen LogP contribution in [-0.4, -0.2) is 17.6 Å². The Kier molecular flexibility index (Phi) is 5.05. The van der Waals surface area contributed by atoms with Crippen LogP contribution < -0.4 is 11.1 Å². The standard InChI is InChI=1S/C11H18BrN3/c1-8-6-10(12)11(14-7-8)15-9(2)4-3-5-13/h6-7,9H,3-5,13H2,1-2H3,(H,14,15). The summed E-state index contributed by atoms with van der Waals surface area (Å²) in [6, 6.07) is 2.46. The Morgan fingerprint density at radius 3 is 2.93 bits per heavy atom. The van der Waals surface area contributed by atoms with Gasteiger partial charge in [-0.3, -0.25) is 0 Å². The molecule has 0 aliphatic rings. The summed E-state index contributed by atoms with van der Waals surface area (Å²) in [5.41, 5.74) is 6.62. The Labute approximate surface area is 99.6 Å². The van der Waals surface area contributed by atoms with Crippen LogP contribution in [0, 0.1) is 6.92 Å². The van der Waals surface area contributed by atoms with Crippen LogP contribution in [0.2, 0.25) is 0 Å². The van der Waals surface area contributed by atoms with Gasteiger partial charge in [-0.15, -0.1) is 0 Å². The highest BCUT2D eigenvalue weighted by atomic mass is 79.9. The van der Waals surface area contributed by atoms with Gasteiger partial charge in [0.2, 0.25) is 0 Å². The van der Waals surface area contributed by atoms with Crippen molar-refractivity contribution in [2.45, 2.75) is 32.7 Å². The molecule has 0 saturated carbocycles. The fraction of sp³-hybridized carbons (Fsp3) is 0.545. The van der Waals surface area contributed by atoms with Crippen LogP contribution in [0.3, 0.4) is 0 Å². The summed E-state index contributed by atoms with van der Waals surface area (Å²) in [6.45, 7) is 4.91. The van der Waals surface area contributed by atoms with Gasteiger partial charge in [0, 0.05) is 12.2 Å². The van der Waals surface area contributed by atoms with Crippen molar-refractivity contribution < 1.29 is 0 Å². The van der Waals surface area contributed by atoms with Crippen LogP contribution in [0.15, 0.2) is 16.7 Å². The zero-order valence-corrected chi connectivity index (χ0v) is 10.8. The number of pyridine rings is 1. The van der Waals surface area contributed by atoms with E-state index in [2.05, 4.69) is 39.2 Å². The summed E-state index contributed by atoms with van der Waals surface area (Å²) < 4.78 is 1.02. The van der Waals surface area contributed by atoms with Crippen LogP contribution in [0.5, 0.6) is 0 Å². The van der Waals surface area contributed by atoms with Crippen LogP contribution in [-0.2, 0) is 0 Å². The van der Waals surface area contributed by atoms with E-state index in [1.165, 1.54) is 0 Å². The number of anilines is 1. The molecule has 1 aromatic heterocycles. The van der Waals surface area contributed by atoms with E-state index in [0.717, 1.165) is 35.2 Å². The zero-order valence-electron chi connectivity index (χ0n) is 9.26. The van der Waals surface area contributed by atoms with Crippen molar-refractivity contribution in [3.63, 3.8) is 0 Å². The maximum Gasteiger partial charge on any atom is 0.140 e. The average Bonchev–Trinajstić information content (AvgIpc) is 2.19. The summed E-state index contributed by atoms with van der Waals surface area (Å²) >= 11 is 3.49. The summed E-state index contributed by atoms with van der Waals surface area (Å²) in [5.74, 6) is 0.908. The number of nitrogens with two attached hydrogens (primary N) is 1. The first-order valence-electron chi connectivity index (χ1n) is 5.22. The van der Waals surface area contributed by atoms with Gasteiger partial charge >= 0.3 is 0 Å². The third-order valence-corrected chi connectivity index (χ3v) is 2.81. The number of hydrogen-bond donors (Lipinski definition) is 2. The Morgan fingerprint density at radius 2 is 2.33 bits per heavy atom. The molecule has 15 heavy (non-hydrogen) atoms. The summed E-state index contributed by atoms with van der Waals surface area (Å²) in [6.07, 6.45) is 3.97. The Balaban J connectivity index is 2.56. The van der Waals surface area contributed by atoms with Crippen molar-refractivity contribution in [2.24, 2.45) is 5.73 Å². The van der Waals surface area contributed by atoms with Crippen molar-refractivity contribution in [1.82, 2.24) is 4.98 Å². The molecular formula is C11H18BrN3. The monoisotopic (exact) mass is 271 g/mol. The first-order chi connectivity index (χ1) is 7.13. The lowest BCUT2D eigenvalue weighted by Crippen LogP contribution is -2.17. The van der Waals surface area contributed by atoms with E-state index in [1.54, 1.807) is 0 Å². The van der Waals surface area contributed by atoms with Gasteiger partial charge in [-0.05, 0) is 60.8 Å². The number of nitrogens with zero attached hydrogens (tertiary/aromatic N) is 1. The summed E-state index contributed by atoms with van der Waals surface area (Å²) in [4.78, 5) is 4.34. The molecule has 1 rings (SSSR count). The molecule has 0 radical (unpaired) electrons. The van der Waals surface area contributed by atoms with Gasteiger partial charge in [-0.2, -0.15) is 0 Å². The maximum atomic E-state index is 5.47. The van der Waals surface area contributed by atoms with E-state index in [4.69, 9.17) is 5.73 Å². The second-order valence-corrected chi connectivity index (χ2v) is 4.67. The van der Waals surface area contributed by atoms with Gasteiger partial charge in [0.05, 0.1) is 4.47 Å². The van der Waals surface area contributed by atoms with Crippen LogP contribution in [0.25, 0.3) is 0 Å². The fourth-order valence-corrected chi connectivity index (χ4v) is 1.95. The predicted molar refractivity (Wildman–Crippen MR) is 68.0 cm³/mol. The second kappa shape index (κ2) is 6.08. The fourth-order valence-electron chi connectivity index (χ4n) is 1.37. The van der Waals surface area contributed by atoms with E-state index in [1.807, 2.05) is 13.1 Å².